The number of hydrogen-bond donors (Lipinski definition) is 2. The molecule has 0 spiro atoms. The summed E-state index contributed by atoms with van der Waals surface area (Å²) in [5.41, 5.74) is 5.55. The molecule has 0 radical (unpaired) electrons. The predicted molar refractivity (Wildman–Crippen MR) is 71.1 cm³/mol. The number of benzene rings is 1. The number of halogens is 3. The van der Waals surface area contributed by atoms with Gasteiger partial charge in [0.05, 0.1) is 15.7 Å². The third-order valence-corrected chi connectivity index (χ3v) is 4.26. The van der Waals surface area contributed by atoms with Gasteiger partial charge in [-0.2, -0.15) is 0 Å². The molecule has 0 bridgehead atoms. The van der Waals surface area contributed by atoms with Crippen LogP contribution in [-0.2, 0) is 10.0 Å². The summed E-state index contributed by atoms with van der Waals surface area (Å²) in [5.74, 6) is 0. The van der Waals surface area contributed by atoms with Crippen LogP contribution in [0.5, 0.6) is 0 Å². The Morgan fingerprint density at radius 3 is 2.53 bits per heavy atom. The van der Waals surface area contributed by atoms with E-state index in [2.05, 4.69) is 11.3 Å². The van der Waals surface area contributed by atoms with E-state index in [0.29, 0.717) is 0 Å². The Hall–Kier alpha value is -0.460. The van der Waals surface area contributed by atoms with Crippen LogP contribution in [0.1, 0.15) is 0 Å². The number of anilines is 1. The molecule has 94 valence electrons. The van der Waals surface area contributed by atoms with E-state index in [4.69, 9.17) is 40.5 Å². The van der Waals surface area contributed by atoms with Crippen LogP contribution in [0.15, 0.2) is 28.6 Å². The highest BCUT2D eigenvalue weighted by molar-refractivity contribution is 7.89. The molecule has 0 unspecified atom stereocenters. The van der Waals surface area contributed by atoms with Gasteiger partial charge >= 0.3 is 0 Å². The van der Waals surface area contributed by atoms with Crippen molar-refractivity contribution in [1.82, 2.24) is 4.72 Å². The zero-order valence-corrected chi connectivity index (χ0v) is 11.6. The maximum absolute atomic E-state index is 11.8. The van der Waals surface area contributed by atoms with Gasteiger partial charge in [-0.1, -0.05) is 41.4 Å². The summed E-state index contributed by atoms with van der Waals surface area (Å²) in [6.07, 6.45) is 0. The zero-order valence-electron chi connectivity index (χ0n) is 8.50. The molecule has 0 atom stereocenters. The first-order valence-corrected chi connectivity index (χ1v) is 6.94. The van der Waals surface area contributed by atoms with Crippen molar-refractivity contribution in [2.45, 2.75) is 4.90 Å². The van der Waals surface area contributed by atoms with Gasteiger partial charge in [0.1, 0.15) is 4.90 Å². The topological polar surface area (TPSA) is 72.2 Å². The average Bonchev–Trinajstić information content (AvgIpc) is 2.23. The van der Waals surface area contributed by atoms with Crippen LogP contribution in [0.3, 0.4) is 0 Å². The molecule has 0 aliphatic carbocycles. The fourth-order valence-corrected chi connectivity index (χ4v) is 2.94. The monoisotopic (exact) mass is 314 g/mol. The SMILES string of the molecule is C=C(Cl)CNS(=O)(=O)c1ccc(Cl)c(N)c1Cl. The van der Waals surface area contributed by atoms with Gasteiger partial charge in [0, 0.05) is 11.6 Å². The quantitative estimate of drug-likeness (QED) is 0.839. The lowest BCUT2D eigenvalue weighted by atomic mass is 10.3. The van der Waals surface area contributed by atoms with Crippen molar-refractivity contribution < 1.29 is 8.42 Å². The molecular weight excluding hydrogens is 307 g/mol. The second-order valence-electron chi connectivity index (χ2n) is 3.11. The van der Waals surface area contributed by atoms with E-state index < -0.39 is 10.0 Å². The molecule has 0 aliphatic heterocycles. The Kier molecular flexibility index (Phi) is 4.69. The van der Waals surface area contributed by atoms with Crippen LogP contribution in [0.2, 0.25) is 10.0 Å². The molecule has 0 heterocycles. The molecule has 8 heteroatoms. The van der Waals surface area contributed by atoms with Gasteiger partial charge in [0.2, 0.25) is 10.0 Å². The third kappa shape index (κ3) is 3.50. The highest BCUT2D eigenvalue weighted by atomic mass is 35.5. The van der Waals surface area contributed by atoms with Crippen molar-refractivity contribution in [3.05, 3.63) is 33.8 Å². The summed E-state index contributed by atoms with van der Waals surface area (Å²) < 4.78 is 25.9. The average molecular weight is 316 g/mol. The predicted octanol–water partition coefficient (Wildman–Crippen LogP) is 2.61. The van der Waals surface area contributed by atoms with Crippen LogP contribution >= 0.6 is 34.8 Å². The van der Waals surface area contributed by atoms with Crippen molar-refractivity contribution in [2.75, 3.05) is 12.3 Å². The Morgan fingerprint density at radius 1 is 1.41 bits per heavy atom. The van der Waals surface area contributed by atoms with E-state index in [-0.39, 0.29) is 32.2 Å². The van der Waals surface area contributed by atoms with Crippen LogP contribution < -0.4 is 10.5 Å². The standard InChI is InChI=1S/C9H9Cl3N2O2S/c1-5(10)4-14-17(15,16)7-3-2-6(11)9(13)8(7)12/h2-3,14H,1,4,13H2. The molecule has 0 amide bonds. The first-order chi connectivity index (χ1) is 7.75. The minimum atomic E-state index is -3.79. The molecule has 0 aliphatic rings. The molecule has 17 heavy (non-hydrogen) atoms. The van der Waals surface area contributed by atoms with Gasteiger partial charge in [-0.05, 0) is 12.1 Å². The summed E-state index contributed by atoms with van der Waals surface area (Å²) >= 11 is 17.0. The normalized spacial score (nSPS) is 11.5. The molecule has 1 aromatic rings. The van der Waals surface area contributed by atoms with E-state index in [1.165, 1.54) is 12.1 Å². The van der Waals surface area contributed by atoms with E-state index in [9.17, 15) is 8.42 Å². The second-order valence-corrected chi connectivity index (χ2v) is 6.17. The minimum Gasteiger partial charge on any atom is -0.396 e. The van der Waals surface area contributed by atoms with E-state index in [1.807, 2.05) is 0 Å². The summed E-state index contributed by atoms with van der Waals surface area (Å²) in [4.78, 5) is -0.154. The van der Waals surface area contributed by atoms with Gasteiger partial charge in [-0.15, -0.1) is 0 Å². The first-order valence-electron chi connectivity index (χ1n) is 4.32. The molecular formula is C9H9Cl3N2O2S. The van der Waals surface area contributed by atoms with Crippen LogP contribution in [0, 0.1) is 0 Å². The van der Waals surface area contributed by atoms with E-state index in [0.717, 1.165) is 0 Å². The molecule has 4 nitrogen and oxygen atoms in total. The van der Waals surface area contributed by atoms with Gasteiger partial charge in [0.25, 0.3) is 0 Å². The molecule has 1 aromatic carbocycles. The van der Waals surface area contributed by atoms with Gasteiger partial charge in [-0.25, -0.2) is 13.1 Å². The number of nitrogens with one attached hydrogen (secondary N) is 1. The summed E-state index contributed by atoms with van der Waals surface area (Å²) in [7, 11) is -3.79. The minimum absolute atomic E-state index is 0.0147. The smallest absolute Gasteiger partial charge is 0.242 e. The van der Waals surface area contributed by atoms with Crippen molar-refractivity contribution >= 4 is 50.5 Å². The van der Waals surface area contributed by atoms with Crippen LogP contribution in [-0.4, -0.2) is 15.0 Å². The molecule has 0 saturated carbocycles. The number of nitrogens with two attached hydrogens (primary N) is 1. The largest absolute Gasteiger partial charge is 0.396 e. The van der Waals surface area contributed by atoms with Gasteiger partial charge in [0.15, 0.2) is 0 Å². The van der Waals surface area contributed by atoms with Crippen molar-refractivity contribution in [3.8, 4) is 0 Å². The summed E-state index contributed by atoms with van der Waals surface area (Å²) in [5, 5.41) is 0.229. The van der Waals surface area contributed by atoms with Crippen LogP contribution in [0.4, 0.5) is 5.69 Å². The Balaban J connectivity index is 3.16. The Bertz CT molecular complexity index is 558. The number of rotatable bonds is 4. The maximum Gasteiger partial charge on any atom is 0.242 e. The molecule has 0 fully saturated rings. The lowest BCUT2D eigenvalue weighted by molar-refractivity contribution is 0.585. The van der Waals surface area contributed by atoms with E-state index >= 15 is 0 Å². The van der Waals surface area contributed by atoms with Crippen LogP contribution in [0.25, 0.3) is 0 Å². The highest BCUT2D eigenvalue weighted by Crippen LogP contribution is 2.32. The van der Waals surface area contributed by atoms with Gasteiger partial charge in [-0.3, -0.25) is 0 Å². The molecule has 0 aromatic heterocycles. The van der Waals surface area contributed by atoms with Crippen molar-refractivity contribution in [1.29, 1.82) is 0 Å². The Labute approximate surface area is 114 Å². The van der Waals surface area contributed by atoms with Gasteiger partial charge < -0.3 is 5.73 Å². The number of sulfonamides is 1. The third-order valence-electron chi connectivity index (χ3n) is 1.83. The molecule has 1 rings (SSSR count). The van der Waals surface area contributed by atoms with Crippen molar-refractivity contribution in [2.24, 2.45) is 0 Å². The van der Waals surface area contributed by atoms with E-state index in [1.54, 1.807) is 0 Å². The Morgan fingerprint density at radius 2 is 2.00 bits per heavy atom. The fraction of sp³-hybridized carbons (Fsp3) is 0.111. The first kappa shape index (κ1) is 14.6. The lowest BCUT2D eigenvalue weighted by Gasteiger charge is -2.10. The number of nitrogen functional groups attached to an aromatic ring is 1. The van der Waals surface area contributed by atoms with Crippen molar-refractivity contribution in [3.63, 3.8) is 0 Å². The number of hydrogen-bond acceptors (Lipinski definition) is 3. The zero-order chi connectivity index (χ0) is 13.2. The lowest BCUT2D eigenvalue weighted by Crippen LogP contribution is -2.25. The molecule has 3 N–H and O–H groups in total. The fourth-order valence-electron chi connectivity index (χ4n) is 1.01. The summed E-state index contributed by atoms with van der Waals surface area (Å²) in [6, 6.07) is 2.62. The summed E-state index contributed by atoms with van der Waals surface area (Å²) in [6.45, 7) is 3.27. The highest BCUT2D eigenvalue weighted by Gasteiger charge is 2.20. The maximum atomic E-state index is 11.8. The second kappa shape index (κ2) is 5.46. The molecule has 0 saturated heterocycles.